The average molecular weight is 491 g/mol. The number of benzene rings is 3. The lowest BCUT2D eigenvalue weighted by Crippen LogP contribution is -2.24. The Balaban J connectivity index is 1.52. The predicted octanol–water partition coefficient (Wildman–Crippen LogP) is 5.70. The van der Waals surface area contributed by atoms with E-state index in [0.717, 1.165) is 5.56 Å². The number of anilines is 1. The first-order valence-corrected chi connectivity index (χ1v) is 10.6. The molecule has 0 aliphatic rings. The van der Waals surface area contributed by atoms with Crippen molar-refractivity contribution in [3.8, 4) is 5.75 Å². The summed E-state index contributed by atoms with van der Waals surface area (Å²) in [5, 5.41) is 7.61. The summed E-state index contributed by atoms with van der Waals surface area (Å²) in [6, 6.07) is 19.4. The molecule has 164 valence electrons. The molecule has 3 aromatic rings. The number of hydrogen-bond acceptors (Lipinski definition) is 4. The standard InChI is InChI=1S/C23H18Cl3N3O3/c24-17-10-8-15(9-11-17)14-32-20-7-2-1-4-16(20)13-27-29-22(31)12-21(30)28-19-6-3-5-18(25)23(19)26/h1-11,13H,12,14H2,(H,28,30)(H,29,31). The summed E-state index contributed by atoms with van der Waals surface area (Å²) in [5.41, 5.74) is 4.27. The highest BCUT2D eigenvalue weighted by Gasteiger charge is 2.12. The van der Waals surface area contributed by atoms with Crippen LogP contribution in [0.3, 0.4) is 0 Å². The highest BCUT2D eigenvalue weighted by atomic mass is 35.5. The van der Waals surface area contributed by atoms with Gasteiger partial charge in [-0.3, -0.25) is 9.59 Å². The van der Waals surface area contributed by atoms with Crippen LogP contribution in [0.5, 0.6) is 5.75 Å². The Morgan fingerprint density at radius 2 is 1.66 bits per heavy atom. The fraction of sp³-hybridized carbons (Fsp3) is 0.0870. The second-order valence-electron chi connectivity index (χ2n) is 6.57. The largest absolute Gasteiger partial charge is 0.488 e. The van der Waals surface area contributed by atoms with Crippen LogP contribution in [0, 0.1) is 0 Å². The van der Waals surface area contributed by atoms with Crippen molar-refractivity contribution in [2.75, 3.05) is 5.32 Å². The lowest BCUT2D eigenvalue weighted by atomic mass is 10.2. The SMILES string of the molecule is O=C(CC(=O)Nc1cccc(Cl)c1Cl)NN=Cc1ccccc1OCc1ccc(Cl)cc1. The van der Waals surface area contributed by atoms with Crippen LogP contribution in [0.2, 0.25) is 15.1 Å². The summed E-state index contributed by atoms with van der Waals surface area (Å²) in [7, 11) is 0. The topological polar surface area (TPSA) is 79.8 Å². The van der Waals surface area contributed by atoms with Gasteiger partial charge in [-0.1, -0.05) is 65.1 Å². The molecular weight excluding hydrogens is 473 g/mol. The number of nitrogens with one attached hydrogen (secondary N) is 2. The maximum absolute atomic E-state index is 12.1. The van der Waals surface area contributed by atoms with E-state index in [-0.39, 0.29) is 5.02 Å². The Morgan fingerprint density at radius 1 is 0.906 bits per heavy atom. The number of carbonyl (C=O) groups is 2. The lowest BCUT2D eigenvalue weighted by Gasteiger charge is -2.09. The highest BCUT2D eigenvalue weighted by molar-refractivity contribution is 6.44. The molecule has 0 fully saturated rings. The molecule has 0 atom stereocenters. The van der Waals surface area contributed by atoms with Gasteiger partial charge in [-0.2, -0.15) is 5.10 Å². The molecule has 0 unspecified atom stereocenters. The van der Waals surface area contributed by atoms with E-state index in [4.69, 9.17) is 39.5 Å². The maximum Gasteiger partial charge on any atom is 0.249 e. The molecule has 0 aliphatic heterocycles. The van der Waals surface area contributed by atoms with Gasteiger partial charge < -0.3 is 10.1 Å². The monoisotopic (exact) mass is 489 g/mol. The number of carbonyl (C=O) groups excluding carboxylic acids is 2. The van der Waals surface area contributed by atoms with Gasteiger partial charge in [0, 0.05) is 10.6 Å². The van der Waals surface area contributed by atoms with Crippen molar-refractivity contribution in [2.24, 2.45) is 5.10 Å². The minimum atomic E-state index is -0.587. The third-order valence-corrected chi connectivity index (χ3v) is 5.24. The zero-order valence-electron chi connectivity index (χ0n) is 16.6. The van der Waals surface area contributed by atoms with Crippen LogP contribution in [0.4, 0.5) is 5.69 Å². The van der Waals surface area contributed by atoms with E-state index in [1.54, 1.807) is 42.5 Å². The Labute approximate surface area is 200 Å². The van der Waals surface area contributed by atoms with Gasteiger partial charge in [0.1, 0.15) is 18.8 Å². The van der Waals surface area contributed by atoms with Crippen molar-refractivity contribution in [3.63, 3.8) is 0 Å². The average Bonchev–Trinajstić information content (AvgIpc) is 2.77. The molecule has 0 aliphatic carbocycles. The summed E-state index contributed by atoms with van der Waals surface area (Å²) < 4.78 is 5.84. The Kier molecular flexibility index (Phi) is 8.50. The number of nitrogens with zero attached hydrogens (tertiary/aromatic N) is 1. The van der Waals surface area contributed by atoms with Crippen molar-refractivity contribution in [1.29, 1.82) is 0 Å². The summed E-state index contributed by atoms with van der Waals surface area (Å²) in [4.78, 5) is 24.1. The van der Waals surface area contributed by atoms with Crippen LogP contribution in [-0.4, -0.2) is 18.0 Å². The van der Waals surface area contributed by atoms with Gasteiger partial charge in [0.15, 0.2) is 0 Å². The van der Waals surface area contributed by atoms with Gasteiger partial charge in [-0.25, -0.2) is 5.43 Å². The van der Waals surface area contributed by atoms with Crippen molar-refractivity contribution < 1.29 is 14.3 Å². The van der Waals surface area contributed by atoms with Gasteiger partial charge in [-0.05, 0) is 42.0 Å². The molecule has 0 saturated carbocycles. The fourth-order valence-corrected chi connectivity index (χ4v) is 3.09. The van der Waals surface area contributed by atoms with Gasteiger partial charge in [0.05, 0.1) is 21.9 Å². The number of halogens is 3. The molecule has 0 heterocycles. The molecule has 3 rings (SSSR count). The summed E-state index contributed by atoms with van der Waals surface area (Å²) in [6.07, 6.45) is 1.01. The smallest absolute Gasteiger partial charge is 0.249 e. The fourth-order valence-electron chi connectivity index (χ4n) is 2.61. The lowest BCUT2D eigenvalue weighted by molar-refractivity contribution is -0.126. The van der Waals surface area contributed by atoms with Gasteiger partial charge in [0.25, 0.3) is 0 Å². The van der Waals surface area contributed by atoms with E-state index in [0.29, 0.717) is 33.7 Å². The van der Waals surface area contributed by atoms with Crippen molar-refractivity contribution in [1.82, 2.24) is 5.43 Å². The van der Waals surface area contributed by atoms with Crippen molar-refractivity contribution in [3.05, 3.63) is 92.9 Å². The molecule has 3 aromatic carbocycles. The third-order valence-electron chi connectivity index (χ3n) is 4.17. The van der Waals surface area contributed by atoms with Gasteiger partial charge in [-0.15, -0.1) is 0 Å². The van der Waals surface area contributed by atoms with E-state index in [9.17, 15) is 9.59 Å². The molecule has 6 nitrogen and oxygen atoms in total. The summed E-state index contributed by atoms with van der Waals surface area (Å²) in [5.74, 6) is -0.543. The summed E-state index contributed by atoms with van der Waals surface area (Å²) in [6.45, 7) is 0.348. The Hall–Kier alpha value is -3.06. The normalized spacial score (nSPS) is 10.7. The van der Waals surface area contributed by atoms with Gasteiger partial charge >= 0.3 is 0 Å². The Morgan fingerprint density at radius 3 is 2.44 bits per heavy atom. The molecule has 2 N–H and O–H groups in total. The third kappa shape index (κ3) is 6.99. The molecule has 2 amide bonds. The van der Waals surface area contributed by atoms with Crippen molar-refractivity contribution >= 4 is 58.5 Å². The molecule has 0 bridgehead atoms. The first-order valence-electron chi connectivity index (χ1n) is 9.44. The predicted molar refractivity (Wildman–Crippen MR) is 128 cm³/mol. The molecule has 32 heavy (non-hydrogen) atoms. The summed E-state index contributed by atoms with van der Waals surface area (Å²) >= 11 is 17.8. The number of ether oxygens (including phenoxy) is 1. The molecule has 0 saturated heterocycles. The van der Waals surface area contributed by atoms with E-state index >= 15 is 0 Å². The molecule has 9 heteroatoms. The van der Waals surface area contributed by atoms with Crippen LogP contribution in [0.1, 0.15) is 17.5 Å². The van der Waals surface area contributed by atoms with Crippen LogP contribution in [0.25, 0.3) is 0 Å². The van der Waals surface area contributed by atoms with E-state index < -0.39 is 18.2 Å². The number of hydrazone groups is 1. The number of amides is 2. The van der Waals surface area contributed by atoms with Crippen LogP contribution < -0.4 is 15.5 Å². The number of rotatable bonds is 8. The first-order chi connectivity index (χ1) is 15.4. The van der Waals surface area contributed by atoms with E-state index in [1.807, 2.05) is 24.3 Å². The number of para-hydroxylation sites is 1. The second-order valence-corrected chi connectivity index (χ2v) is 7.79. The highest BCUT2D eigenvalue weighted by Crippen LogP contribution is 2.29. The zero-order valence-corrected chi connectivity index (χ0v) is 18.9. The molecular formula is C23H18Cl3N3O3. The van der Waals surface area contributed by atoms with Crippen LogP contribution in [-0.2, 0) is 16.2 Å². The van der Waals surface area contributed by atoms with Crippen LogP contribution >= 0.6 is 34.8 Å². The first kappa shape index (κ1) is 23.6. The zero-order chi connectivity index (χ0) is 22.9. The minimum Gasteiger partial charge on any atom is -0.488 e. The molecule has 0 aromatic heterocycles. The van der Waals surface area contributed by atoms with Crippen LogP contribution in [0.15, 0.2) is 71.8 Å². The Bertz CT molecular complexity index is 1130. The molecule has 0 radical (unpaired) electrons. The number of hydrogen-bond donors (Lipinski definition) is 2. The maximum atomic E-state index is 12.1. The molecule has 0 spiro atoms. The van der Waals surface area contributed by atoms with E-state index in [2.05, 4.69) is 15.8 Å². The second kappa shape index (κ2) is 11.5. The van der Waals surface area contributed by atoms with Gasteiger partial charge in [0.2, 0.25) is 11.8 Å². The van der Waals surface area contributed by atoms with Crippen molar-refractivity contribution in [2.45, 2.75) is 13.0 Å². The quantitative estimate of drug-likeness (QED) is 0.241. The van der Waals surface area contributed by atoms with E-state index in [1.165, 1.54) is 6.21 Å². The minimum absolute atomic E-state index is 0.205.